The molecule has 8 heteroatoms. The predicted octanol–water partition coefficient (Wildman–Crippen LogP) is 3.93. The zero-order chi connectivity index (χ0) is 20.7. The second-order valence-electron chi connectivity index (χ2n) is 7.89. The molecule has 0 spiro atoms. The van der Waals surface area contributed by atoms with Gasteiger partial charge in [-0.1, -0.05) is 19.4 Å². The first kappa shape index (κ1) is 25.6. The van der Waals surface area contributed by atoms with Gasteiger partial charge in [-0.15, -0.1) is 24.0 Å². The first-order valence-corrected chi connectivity index (χ1v) is 10.0. The van der Waals surface area contributed by atoms with E-state index in [9.17, 15) is 13.6 Å². The van der Waals surface area contributed by atoms with Crippen molar-refractivity contribution in [2.24, 2.45) is 10.9 Å². The molecule has 0 bridgehead atoms. The third-order valence-corrected chi connectivity index (χ3v) is 5.11. The molecule has 2 rings (SSSR count). The second-order valence-corrected chi connectivity index (χ2v) is 7.89. The van der Waals surface area contributed by atoms with Gasteiger partial charge >= 0.3 is 0 Å². The third kappa shape index (κ3) is 8.06. The van der Waals surface area contributed by atoms with Gasteiger partial charge in [0.15, 0.2) is 5.96 Å². The van der Waals surface area contributed by atoms with Gasteiger partial charge in [-0.2, -0.15) is 0 Å². The van der Waals surface area contributed by atoms with Crippen molar-refractivity contribution in [2.45, 2.75) is 64.5 Å². The molecule has 0 aromatic heterocycles. The zero-order valence-corrected chi connectivity index (χ0v) is 19.9. The SMILES string of the molecule is CN=C(NCC(C)c1ccc(F)cc1F)NC1CCCC(C(=O)NC(C)C)C1.I. The first-order valence-electron chi connectivity index (χ1n) is 10.0. The molecule has 1 fully saturated rings. The van der Waals surface area contributed by atoms with Gasteiger partial charge in [0.1, 0.15) is 11.6 Å². The smallest absolute Gasteiger partial charge is 0.223 e. The van der Waals surface area contributed by atoms with Crippen LogP contribution in [0.4, 0.5) is 8.78 Å². The summed E-state index contributed by atoms with van der Waals surface area (Å²) in [5, 5.41) is 9.58. The highest BCUT2D eigenvalue weighted by Gasteiger charge is 2.28. The van der Waals surface area contributed by atoms with Gasteiger partial charge < -0.3 is 16.0 Å². The average molecular weight is 522 g/mol. The van der Waals surface area contributed by atoms with Crippen LogP contribution >= 0.6 is 24.0 Å². The molecule has 0 aliphatic heterocycles. The summed E-state index contributed by atoms with van der Waals surface area (Å²) in [6, 6.07) is 3.96. The normalized spacial score (nSPS) is 20.6. The molecule has 1 aliphatic carbocycles. The Hall–Kier alpha value is -1.45. The number of rotatable bonds is 6. The van der Waals surface area contributed by atoms with Gasteiger partial charge in [0, 0.05) is 43.6 Å². The minimum atomic E-state index is -0.577. The monoisotopic (exact) mass is 522 g/mol. The average Bonchev–Trinajstić information content (AvgIpc) is 2.64. The number of aliphatic imine (C=N–C) groups is 1. The second kappa shape index (κ2) is 12.3. The molecule has 5 nitrogen and oxygen atoms in total. The Morgan fingerprint density at radius 3 is 2.59 bits per heavy atom. The molecular weight excluding hydrogens is 489 g/mol. The molecule has 164 valence electrons. The molecule has 0 heterocycles. The maximum absolute atomic E-state index is 13.9. The number of halogens is 3. The van der Waals surface area contributed by atoms with E-state index in [4.69, 9.17) is 0 Å². The van der Waals surface area contributed by atoms with E-state index in [0.29, 0.717) is 18.1 Å². The highest BCUT2D eigenvalue weighted by molar-refractivity contribution is 14.0. The number of amides is 1. The summed E-state index contributed by atoms with van der Waals surface area (Å²) in [7, 11) is 1.68. The van der Waals surface area contributed by atoms with E-state index < -0.39 is 11.6 Å². The van der Waals surface area contributed by atoms with Crippen molar-refractivity contribution in [1.82, 2.24) is 16.0 Å². The minimum absolute atomic E-state index is 0. The molecule has 0 saturated heterocycles. The summed E-state index contributed by atoms with van der Waals surface area (Å²) in [6.07, 6.45) is 3.64. The summed E-state index contributed by atoms with van der Waals surface area (Å²) in [5.74, 6) is -0.501. The minimum Gasteiger partial charge on any atom is -0.356 e. The Kier molecular flexibility index (Phi) is 10.8. The number of carbonyl (C=O) groups is 1. The third-order valence-electron chi connectivity index (χ3n) is 5.11. The molecule has 1 aliphatic rings. The lowest BCUT2D eigenvalue weighted by Gasteiger charge is -2.30. The molecule has 3 N–H and O–H groups in total. The van der Waals surface area contributed by atoms with E-state index in [2.05, 4.69) is 20.9 Å². The first-order chi connectivity index (χ1) is 13.3. The van der Waals surface area contributed by atoms with Gasteiger partial charge in [0.05, 0.1) is 0 Å². The summed E-state index contributed by atoms with van der Waals surface area (Å²) in [5.41, 5.74) is 0.465. The Morgan fingerprint density at radius 2 is 1.97 bits per heavy atom. The summed E-state index contributed by atoms with van der Waals surface area (Å²) in [6.45, 7) is 6.27. The van der Waals surface area contributed by atoms with E-state index in [1.54, 1.807) is 7.05 Å². The van der Waals surface area contributed by atoms with Gasteiger partial charge in [-0.05, 0) is 44.7 Å². The van der Waals surface area contributed by atoms with Crippen molar-refractivity contribution in [3.05, 3.63) is 35.4 Å². The van der Waals surface area contributed by atoms with Gasteiger partial charge in [-0.3, -0.25) is 9.79 Å². The number of nitrogens with one attached hydrogen (secondary N) is 3. The standard InChI is InChI=1S/C21H32F2N4O.HI/c1-13(2)26-20(28)15-6-5-7-17(10-15)27-21(24-4)25-12-14(3)18-9-8-16(22)11-19(18)23;/h8-9,11,13-15,17H,5-7,10,12H2,1-4H3,(H,26,28)(H2,24,25,27);1H. The maximum Gasteiger partial charge on any atom is 0.223 e. The fraction of sp³-hybridized carbons (Fsp3) is 0.619. The fourth-order valence-corrected chi connectivity index (χ4v) is 3.61. The summed E-state index contributed by atoms with van der Waals surface area (Å²) >= 11 is 0. The molecule has 1 saturated carbocycles. The van der Waals surface area contributed by atoms with Crippen LogP contribution in [0.1, 0.15) is 57.9 Å². The van der Waals surface area contributed by atoms with Gasteiger partial charge in [0.25, 0.3) is 0 Å². The lowest BCUT2D eigenvalue weighted by molar-refractivity contribution is -0.126. The molecule has 0 radical (unpaired) electrons. The van der Waals surface area contributed by atoms with Crippen LogP contribution in [0.25, 0.3) is 0 Å². The van der Waals surface area contributed by atoms with Crippen LogP contribution in [0.15, 0.2) is 23.2 Å². The number of carbonyl (C=O) groups excluding carboxylic acids is 1. The molecular formula is C21H33F2IN4O. The molecule has 3 atom stereocenters. The van der Waals surface area contributed by atoms with Crippen molar-refractivity contribution >= 4 is 35.8 Å². The van der Waals surface area contributed by atoms with Crippen LogP contribution in [-0.4, -0.2) is 37.5 Å². The maximum atomic E-state index is 13.9. The molecule has 3 unspecified atom stereocenters. The van der Waals surface area contributed by atoms with Crippen LogP contribution in [0.2, 0.25) is 0 Å². The van der Waals surface area contributed by atoms with Crippen molar-refractivity contribution in [3.8, 4) is 0 Å². The Labute approximate surface area is 189 Å². The number of guanidine groups is 1. The van der Waals surface area contributed by atoms with Crippen LogP contribution in [-0.2, 0) is 4.79 Å². The van der Waals surface area contributed by atoms with Crippen LogP contribution in [0.3, 0.4) is 0 Å². The summed E-state index contributed by atoms with van der Waals surface area (Å²) < 4.78 is 27.0. The quantitative estimate of drug-likeness (QED) is 0.302. The summed E-state index contributed by atoms with van der Waals surface area (Å²) in [4.78, 5) is 16.5. The lowest BCUT2D eigenvalue weighted by atomic mass is 9.85. The van der Waals surface area contributed by atoms with Crippen molar-refractivity contribution in [3.63, 3.8) is 0 Å². The van der Waals surface area contributed by atoms with Crippen molar-refractivity contribution in [2.75, 3.05) is 13.6 Å². The molecule has 29 heavy (non-hydrogen) atoms. The predicted molar refractivity (Wildman–Crippen MR) is 124 cm³/mol. The Morgan fingerprint density at radius 1 is 1.24 bits per heavy atom. The topological polar surface area (TPSA) is 65.5 Å². The van der Waals surface area contributed by atoms with Crippen LogP contribution in [0, 0.1) is 17.6 Å². The van der Waals surface area contributed by atoms with Crippen molar-refractivity contribution < 1.29 is 13.6 Å². The molecule has 1 amide bonds. The van der Waals surface area contributed by atoms with Crippen LogP contribution < -0.4 is 16.0 Å². The van der Waals surface area contributed by atoms with E-state index in [1.165, 1.54) is 12.1 Å². The zero-order valence-electron chi connectivity index (χ0n) is 17.6. The van der Waals surface area contributed by atoms with Gasteiger partial charge in [-0.25, -0.2) is 8.78 Å². The van der Waals surface area contributed by atoms with E-state index in [1.807, 2.05) is 20.8 Å². The number of hydrogen-bond donors (Lipinski definition) is 3. The van der Waals surface area contributed by atoms with E-state index in [0.717, 1.165) is 31.7 Å². The number of nitrogens with zero attached hydrogens (tertiary/aromatic N) is 1. The van der Waals surface area contributed by atoms with Gasteiger partial charge in [0.2, 0.25) is 5.91 Å². The van der Waals surface area contributed by atoms with E-state index >= 15 is 0 Å². The van der Waals surface area contributed by atoms with Crippen LogP contribution in [0.5, 0.6) is 0 Å². The Balaban J connectivity index is 0.00000420. The number of hydrogen-bond acceptors (Lipinski definition) is 2. The van der Waals surface area contributed by atoms with Crippen molar-refractivity contribution in [1.29, 1.82) is 0 Å². The molecule has 1 aromatic rings. The largest absolute Gasteiger partial charge is 0.356 e. The number of benzene rings is 1. The fourth-order valence-electron chi connectivity index (χ4n) is 3.61. The molecule has 1 aromatic carbocycles. The highest BCUT2D eigenvalue weighted by Crippen LogP contribution is 2.25. The van der Waals surface area contributed by atoms with E-state index in [-0.39, 0.29) is 53.8 Å². The Bertz CT molecular complexity index is 699. The highest BCUT2D eigenvalue weighted by atomic mass is 127. The lowest BCUT2D eigenvalue weighted by Crippen LogP contribution is -2.48.